The van der Waals surface area contributed by atoms with Gasteiger partial charge in [0.15, 0.2) is 5.17 Å². The Hall–Kier alpha value is -2.61. The summed E-state index contributed by atoms with van der Waals surface area (Å²) in [5, 5.41) is 9.94. The van der Waals surface area contributed by atoms with Crippen LogP contribution in [-0.2, 0) is 24.2 Å². The fraction of sp³-hybridized carbons (Fsp3) is 0.333. The third-order valence-electron chi connectivity index (χ3n) is 4.05. The molecule has 26 heavy (non-hydrogen) atoms. The molecule has 1 atom stereocenters. The van der Waals surface area contributed by atoms with Crippen molar-refractivity contribution in [1.29, 1.82) is 5.41 Å². The second-order valence-corrected chi connectivity index (χ2v) is 7.04. The van der Waals surface area contributed by atoms with Crippen molar-refractivity contribution in [2.24, 2.45) is 0 Å². The summed E-state index contributed by atoms with van der Waals surface area (Å²) in [6, 6.07) is 8.98. The van der Waals surface area contributed by atoms with Crippen molar-refractivity contribution in [2.75, 3.05) is 6.61 Å². The van der Waals surface area contributed by atoms with Gasteiger partial charge in [0, 0.05) is 18.7 Å². The van der Waals surface area contributed by atoms with Gasteiger partial charge in [-0.25, -0.2) is 4.98 Å². The first-order chi connectivity index (χ1) is 12.6. The minimum Gasteiger partial charge on any atom is -0.492 e. The standard InChI is InChI=1S/C18H20N4O3S/c1-2-15-20-8-7-16(23)22(15)9-10-25-13-5-3-12(4-6-13)11-14-17(24)21-18(19)26-14/h3-8,14H,2,9-11H2,1H3,(H2,19,21,24). The molecule has 8 heteroatoms. The maximum Gasteiger partial charge on any atom is 0.253 e. The van der Waals surface area contributed by atoms with Gasteiger partial charge in [-0.05, 0) is 24.1 Å². The number of ether oxygens (including phenoxy) is 1. The highest BCUT2D eigenvalue weighted by Crippen LogP contribution is 2.23. The average Bonchev–Trinajstić information content (AvgIpc) is 2.95. The van der Waals surface area contributed by atoms with Gasteiger partial charge in [-0.15, -0.1) is 0 Å². The normalized spacial score (nSPS) is 16.6. The number of hydrogen-bond acceptors (Lipinski definition) is 6. The number of nitrogens with one attached hydrogen (secondary N) is 2. The van der Waals surface area contributed by atoms with Gasteiger partial charge in [-0.3, -0.25) is 19.6 Å². The molecule has 1 aromatic carbocycles. The lowest BCUT2D eigenvalue weighted by Crippen LogP contribution is -2.26. The largest absolute Gasteiger partial charge is 0.492 e. The molecule has 0 saturated carbocycles. The molecule has 1 amide bonds. The molecular weight excluding hydrogens is 352 g/mol. The summed E-state index contributed by atoms with van der Waals surface area (Å²) in [6.45, 7) is 2.77. The maximum absolute atomic E-state index is 11.9. The molecule has 1 unspecified atom stereocenters. The van der Waals surface area contributed by atoms with Gasteiger partial charge in [0.2, 0.25) is 5.91 Å². The summed E-state index contributed by atoms with van der Waals surface area (Å²) >= 11 is 1.24. The second-order valence-electron chi connectivity index (χ2n) is 5.83. The molecule has 2 N–H and O–H groups in total. The predicted molar refractivity (Wildman–Crippen MR) is 101 cm³/mol. The smallest absolute Gasteiger partial charge is 0.253 e. The number of nitrogens with zero attached hydrogens (tertiary/aromatic N) is 2. The molecule has 1 aliphatic rings. The molecular formula is C18H20N4O3S. The molecule has 1 aromatic heterocycles. The predicted octanol–water partition coefficient (Wildman–Crippen LogP) is 1.59. The number of benzene rings is 1. The number of rotatable bonds is 7. The topological polar surface area (TPSA) is 97.1 Å². The molecule has 1 fully saturated rings. The number of amidine groups is 1. The Morgan fingerprint density at radius 3 is 2.69 bits per heavy atom. The monoisotopic (exact) mass is 372 g/mol. The minimum atomic E-state index is -0.251. The number of carbonyl (C=O) groups is 1. The maximum atomic E-state index is 11.9. The Labute approximate surface area is 155 Å². The van der Waals surface area contributed by atoms with E-state index < -0.39 is 0 Å². The van der Waals surface area contributed by atoms with Crippen LogP contribution < -0.4 is 15.6 Å². The molecule has 0 aliphatic carbocycles. The van der Waals surface area contributed by atoms with Crippen molar-refractivity contribution in [1.82, 2.24) is 14.9 Å². The molecule has 2 heterocycles. The van der Waals surface area contributed by atoms with Crippen molar-refractivity contribution in [3.05, 3.63) is 58.3 Å². The third kappa shape index (κ3) is 4.32. The summed E-state index contributed by atoms with van der Waals surface area (Å²) < 4.78 is 7.35. The van der Waals surface area contributed by atoms with Gasteiger partial charge in [-0.1, -0.05) is 30.8 Å². The van der Waals surface area contributed by atoms with E-state index in [9.17, 15) is 9.59 Å². The fourth-order valence-electron chi connectivity index (χ4n) is 2.74. The summed E-state index contributed by atoms with van der Waals surface area (Å²) in [4.78, 5) is 27.8. The van der Waals surface area contributed by atoms with E-state index in [-0.39, 0.29) is 21.9 Å². The zero-order valence-corrected chi connectivity index (χ0v) is 15.2. The van der Waals surface area contributed by atoms with Crippen molar-refractivity contribution in [3.8, 4) is 5.75 Å². The molecule has 2 aromatic rings. The zero-order valence-electron chi connectivity index (χ0n) is 14.4. The highest BCUT2D eigenvalue weighted by atomic mass is 32.2. The van der Waals surface area contributed by atoms with Gasteiger partial charge < -0.3 is 10.1 Å². The lowest BCUT2D eigenvalue weighted by atomic mass is 10.1. The number of aryl methyl sites for hydroxylation is 1. The van der Waals surface area contributed by atoms with Crippen LogP contribution in [0.2, 0.25) is 0 Å². The Bertz CT molecular complexity index is 863. The van der Waals surface area contributed by atoms with Crippen LogP contribution in [0.5, 0.6) is 5.75 Å². The van der Waals surface area contributed by atoms with Crippen LogP contribution in [-0.4, -0.2) is 32.5 Å². The number of amides is 1. The molecule has 0 radical (unpaired) electrons. The second kappa shape index (κ2) is 8.18. The van der Waals surface area contributed by atoms with Crippen LogP contribution >= 0.6 is 11.8 Å². The van der Waals surface area contributed by atoms with Gasteiger partial charge in [0.25, 0.3) is 5.56 Å². The lowest BCUT2D eigenvalue weighted by Gasteiger charge is -2.12. The van der Waals surface area contributed by atoms with Gasteiger partial charge in [0.05, 0.1) is 11.8 Å². The molecule has 136 valence electrons. The summed E-state index contributed by atoms with van der Waals surface area (Å²) in [6.07, 6.45) is 2.79. The van der Waals surface area contributed by atoms with Crippen LogP contribution in [0.25, 0.3) is 0 Å². The Balaban J connectivity index is 1.54. The van der Waals surface area contributed by atoms with E-state index in [1.54, 1.807) is 4.57 Å². The molecule has 7 nitrogen and oxygen atoms in total. The Morgan fingerprint density at radius 2 is 2.04 bits per heavy atom. The third-order valence-corrected chi connectivity index (χ3v) is 5.05. The van der Waals surface area contributed by atoms with E-state index in [0.717, 1.165) is 11.4 Å². The highest BCUT2D eigenvalue weighted by molar-refractivity contribution is 8.15. The van der Waals surface area contributed by atoms with Crippen molar-refractivity contribution < 1.29 is 9.53 Å². The molecule has 1 aliphatic heterocycles. The summed E-state index contributed by atoms with van der Waals surface area (Å²) in [7, 11) is 0. The van der Waals surface area contributed by atoms with E-state index in [0.29, 0.717) is 31.7 Å². The quantitative estimate of drug-likeness (QED) is 0.769. The number of aromatic nitrogens is 2. The van der Waals surface area contributed by atoms with Gasteiger partial charge in [-0.2, -0.15) is 0 Å². The molecule has 3 rings (SSSR count). The van der Waals surface area contributed by atoms with Gasteiger partial charge >= 0.3 is 0 Å². The average molecular weight is 372 g/mol. The highest BCUT2D eigenvalue weighted by Gasteiger charge is 2.29. The first-order valence-corrected chi connectivity index (χ1v) is 9.27. The van der Waals surface area contributed by atoms with E-state index in [4.69, 9.17) is 10.1 Å². The fourth-order valence-corrected chi connectivity index (χ4v) is 3.62. The van der Waals surface area contributed by atoms with Crippen molar-refractivity contribution in [3.63, 3.8) is 0 Å². The van der Waals surface area contributed by atoms with E-state index in [1.807, 2.05) is 31.2 Å². The lowest BCUT2D eigenvalue weighted by molar-refractivity contribution is -0.118. The Morgan fingerprint density at radius 1 is 1.27 bits per heavy atom. The SMILES string of the molecule is CCc1nccc(=O)n1CCOc1ccc(CC2SC(=N)NC2=O)cc1. The Kier molecular flexibility index (Phi) is 5.72. The first kappa shape index (κ1) is 18.2. The van der Waals surface area contributed by atoms with E-state index in [2.05, 4.69) is 10.3 Å². The summed E-state index contributed by atoms with van der Waals surface area (Å²) in [5.74, 6) is 1.34. The van der Waals surface area contributed by atoms with Gasteiger partial charge in [0.1, 0.15) is 18.2 Å². The van der Waals surface area contributed by atoms with Crippen LogP contribution in [0, 0.1) is 5.41 Å². The van der Waals surface area contributed by atoms with Crippen molar-refractivity contribution in [2.45, 2.75) is 31.6 Å². The zero-order chi connectivity index (χ0) is 18.5. The molecule has 0 spiro atoms. The molecule has 1 saturated heterocycles. The minimum absolute atomic E-state index is 0.0753. The van der Waals surface area contributed by atoms with Crippen molar-refractivity contribution >= 4 is 22.8 Å². The molecule has 0 bridgehead atoms. The van der Waals surface area contributed by atoms with E-state index >= 15 is 0 Å². The number of carbonyl (C=O) groups excluding carboxylic acids is 1. The van der Waals surface area contributed by atoms with Crippen LogP contribution in [0.3, 0.4) is 0 Å². The number of thioether (sulfide) groups is 1. The van der Waals surface area contributed by atoms with Crippen LogP contribution in [0.4, 0.5) is 0 Å². The number of hydrogen-bond donors (Lipinski definition) is 2. The van der Waals surface area contributed by atoms with E-state index in [1.165, 1.54) is 24.0 Å². The van der Waals surface area contributed by atoms with Crippen LogP contribution in [0.15, 0.2) is 41.3 Å². The first-order valence-electron chi connectivity index (χ1n) is 8.39. The summed E-state index contributed by atoms with van der Waals surface area (Å²) in [5.41, 5.74) is 0.935. The van der Waals surface area contributed by atoms with Crippen LogP contribution in [0.1, 0.15) is 18.3 Å².